The van der Waals surface area contributed by atoms with Gasteiger partial charge >= 0.3 is 0 Å². The molecule has 0 spiro atoms. The molecule has 2 heterocycles. The lowest BCUT2D eigenvalue weighted by Crippen LogP contribution is -2.24. The minimum Gasteiger partial charge on any atom is -0.488 e. The van der Waals surface area contributed by atoms with E-state index in [1.54, 1.807) is 27.5 Å². The van der Waals surface area contributed by atoms with Gasteiger partial charge in [-0.05, 0) is 44.3 Å². The predicted octanol–water partition coefficient (Wildman–Crippen LogP) is 2.83. The Labute approximate surface area is 188 Å². The molecule has 0 aliphatic rings. The number of likely N-dealkylation sites (N-methyl/N-ethyl adjacent to an activating group) is 1. The monoisotopic (exact) mass is 441 g/mol. The minimum atomic E-state index is -0.0332. The van der Waals surface area contributed by atoms with Crippen LogP contribution in [0, 0.1) is 0 Å². The number of pyridine rings is 1. The highest BCUT2D eigenvalue weighted by Crippen LogP contribution is 2.26. The number of ether oxygens (including phenoxy) is 4. The third-order valence-electron chi connectivity index (χ3n) is 4.86. The van der Waals surface area contributed by atoms with Crippen LogP contribution < -0.4 is 9.47 Å². The SMILES string of the molecule is COCCN(C)Cc1nnc(-c2ccc(O[C@H](C)COC)cc2)n1-c1ccc(OC)nc1. The molecular formula is C23H31N5O4. The molecule has 3 rings (SSSR count). The predicted molar refractivity (Wildman–Crippen MR) is 121 cm³/mol. The van der Waals surface area contributed by atoms with Crippen molar-refractivity contribution in [3.8, 4) is 28.7 Å². The first-order valence-electron chi connectivity index (χ1n) is 10.4. The highest BCUT2D eigenvalue weighted by atomic mass is 16.5. The van der Waals surface area contributed by atoms with Crippen molar-refractivity contribution < 1.29 is 18.9 Å². The van der Waals surface area contributed by atoms with Crippen LogP contribution in [0.1, 0.15) is 12.7 Å². The normalized spacial score (nSPS) is 12.2. The molecule has 9 nitrogen and oxygen atoms in total. The van der Waals surface area contributed by atoms with E-state index in [9.17, 15) is 0 Å². The summed E-state index contributed by atoms with van der Waals surface area (Å²) in [6.45, 7) is 4.53. The van der Waals surface area contributed by atoms with Crippen molar-refractivity contribution in [1.29, 1.82) is 0 Å². The molecular weight excluding hydrogens is 410 g/mol. The Morgan fingerprint density at radius 2 is 1.78 bits per heavy atom. The molecule has 9 heteroatoms. The van der Waals surface area contributed by atoms with Crippen molar-refractivity contribution in [1.82, 2.24) is 24.6 Å². The Kier molecular flexibility index (Phi) is 8.55. The van der Waals surface area contributed by atoms with Crippen LogP contribution in [-0.4, -0.2) is 78.9 Å². The van der Waals surface area contributed by atoms with Crippen LogP contribution in [0.5, 0.6) is 11.6 Å². The van der Waals surface area contributed by atoms with Gasteiger partial charge < -0.3 is 18.9 Å². The van der Waals surface area contributed by atoms with E-state index in [0.717, 1.165) is 35.2 Å². The lowest BCUT2D eigenvalue weighted by atomic mass is 10.2. The zero-order chi connectivity index (χ0) is 22.9. The number of hydrogen-bond acceptors (Lipinski definition) is 8. The third kappa shape index (κ3) is 6.03. The fourth-order valence-electron chi connectivity index (χ4n) is 3.25. The molecule has 0 aliphatic carbocycles. The van der Waals surface area contributed by atoms with Gasteiger partial charge in [0.15, 0.2) is 11.6 Å². The summed E-state index contributed by atoms with van der Waals surface area (Å²) in [6, 6.07) is 11.6. The zero-order valence-electron chi connectivity index (χ0n) is 19.3. The number of methoxy groups -OCH3 is 3. The second-order valence-electron chi connectivity index (χ2n) is 7.47. The van der Waals surface area contributed by atoms with Crippen molar-refractivity contribution in [2.75, 3.05) is 48.1 Å². The molecule has 3 aromatic rings. The molecule has 1 atom stereocenters. The number of aromatic nitrogens is 4. The average Bonchev–Trinajstić information content (AvgIpc) is 3.21. The van der Waals surface area contributed by atoms with Gasteiger partial charge in [-0.25, -0.2) is 4.98 Å². The molecule has 0 aliphatic heterocycles. The first kappa shape index (κ1) is 23.6. The van der Waals surface area contributed by atoms with E-state index >= 15 is 0 Å². The van der Waals surface area contributed by atoms with Crippen LogP contribution in [0.3, 0.4) is 0 Å². The maximum atomic E-state index is 5.87. The van der Waals surface area contributed by atoms with Crippen LogP contribution in [0.15, 0.2) is 42.6 Å². The van der Waals surface area contributed by atoms with Gasteiger partial charge in [-0.3, -0.25) is 9.47 Å². The summed E-state index contributed by atoms with van der Waals surface area (Å²) >= 11 is 0. The lowest BCUT2D eigenvalue weighted by molar-refractivity contribution is 0.0921. The van der Waals surface area contributed by atoms with E-state index in [1.165, 1.54) is 0 Å². The van der Waals surface area contributed by atoms with Crippen molar-refractivity contribution in [3.05, 3.63) is 48.4 Å². The van der Waals surface area contributed by atoms with Crippen LogP contribution in [0.4, 0.5) is 0 Å². The summed E-state index contributed by atoms with van der Waals surface area (Å²) < 4.78 is 23.4. The van der Waals surface area contributed by atoms with Crippen LogP contribution >= 0.6 is 0 Å². The van der Waals surface area contributed by atoms with E-state index in [2.05, 4.69) is 20.1 Å². The van der Waals surface area contributed by atoms with Gasteiger partial charge in [0.2, 0.25) is 5.88 Å². The van der Waals surface area contributed by atoms with E-state index in [4.69, 9.17) is 18.9 Å². The Balaban J connectivity index is 1.92. The maximum absolute atomic E-state index is 5.87. The second kappa shape index (κ2) is 11.6. The van der Waals surface area contributed by atoms with Crippen molar-refractivity contribution in [2.24, 2.45) is 0 Å². The Morgan fingerprint density at radius 3 is 2.41 bits per heavy atom. The summed E-state index contributed by atoms with van der Waals surface area (Å²) in [6.07, 6.45) is 1.72. The first-order chi connectivity index (χ1) is 15.5. The molecule has 0 radical (unpaired) electrons. The van der Waals surface area contributed by atoms with Gasteiger partial charge in [0.1, 0.15) is 11.9 Å². The summed E-state index contributed by atoms with van der Waals surface area (Å²) in [7, 11) is 6.98. The summed E-state index contributed by atoms with van der Waals surface area (Å²) in [5.74, 6) is 2.85. The van der Waals surface area contributed by atoms with E-state index in [0.29, 0.717) is 25.6 Å². The summed E-state index contributed by atoms with van der Waals surface area (Å²) in [5.41, 5.74) is 1.78. The Morgan fingerprint density at radius 1 is 1.00 bits per heavy atom. The van der Waals surface area contributed by atoms with Gasteiger partial charge in [-0.2, -0.15) is 0 Å². The summed E-state index contributed by atoms with van der Waals surface area (Å²) in [4.78, 5) is 6.50. The maximum Gasteiger partial charge on any atom is 0.213 e. The molecule has 0 amide bonds. The zero-order valence-corrected chi connectivity index (χ0v) is 19.3. The molecule has 0 unspecified atom stereocenters. The second-order valence-corrected chi connectivity index (χ2v) is 7.47. The fourth-order valence-corrected chi connectivity index (χ4v) is 3.25. The van der Waals surface area contributed by atoms with Gasteiger partial charge in [-0.15, -0.1) is 10.2 Å². The molecule has 0 N–H and O–H groups in total. The van der Waals surface area contributed by atoms with E-state index < -0.39 is 0 Å². The molecule has 0 saturated heterocycles. The van der Waals surface area contributed by atoms with E-state index in [1.807, 2.05) is 54.9 Å². The highest BCUT2D eigenvalue weighted by Gasteiger charge is 2.18. The topological polar surface area (TPSA) is 83.8 Å². The van der Waals surface area contributed by atoms with Gasteiger partial charge in [0.05, 0.1) is 38.8 Å². The van der Waals surface area contributed by atoms with E-state index in [-0.39, 0.29) is 6.10 Å². The number of hydrogen-bond donors (Lipinski definition) is 0. The molecule has 0 saturated carbocycles. The van der Waals surface area contributed by atoms with Crippen LogP contribution in [0.25, 0.3) is 17.1 Å². The molecule has 0 fully saturated rings. The van der Waals surface area contributed by atoms with Crippen molar-refractivity contribution in [2.45, 2.75) is 19.6 Å². The number of rotatable bonds is 12. The lowest BCUT2D eigenvalue weighted by Gasteiger charge is -2.17. The number of nitrogens with zero attached hydrogens (tertiary/aromatic N) is 5. The standard InChI is InChI=1S/C23H31N5O4/c1-17(16-30-4)32-20-9-6-18(7-10-20)23-26-25-21(15-27(2)12-13-29-3)28(23)19-8-11-22(31-5)24-14-19/h6-11,14,17H,12-13,15-16H2,1-5H3/t17-/m1/s1. The van der Waals surface area contributed by atoms with Gasteiger partial charge in [0, 0.05) is 32.4 Å². The Hall–Kier alpha value is -3.01. The fraction of sp³-hybridized carbons (Fsp3) is 0.435. The molecule has 0 bridgehead atoms. The summed E-state index contributed by atoms with van der Waals surface area (Å²) in [5, 5.41) is 8.97. The molecule has 1 aromatic carbocycles. The first-order valence-corrected chi connectivity index (χ1v) is 10.4. The van der Waals surface area contributed by atoms with Crippen LogP contribution in [-0.2, 0) is 16.0 Å². The minimum absolute atomic E-state index is 0.0332. The highest BCUT2D eigenvalue weighted by molar-refractivity contribution is 5.59. The quantitative estimate of drug-likeness (QED) is 0.424. The molecule has 2 aromatic heterocycles. The Bertz CT molecular complexity index is 960. The number of benzene rings is 1. The van der Waals surface area contributed by atoms with Crippen molar-refractivity contribution in [3.63, 3.8) is 0 Å². The van der Waals surface area contributed by atoms with Gasteiger partial charge in [0.25, 0.3) is 0 Å². The molecule has 32 heavy (non-hydrogen) atoms. The molecule has 172 valence electrons. The van der Waals surface area contributed by atoms with Crippen LogP contribution in [0.2, 0.25) is 0 Å². The average molecular weight is 442 g/mol. The third-order valence-corrected chi connectivity index (χ3v) is 4.86. The largest absolute Gasteiger partial charge is 0.488 e. The smallest absolute Gasteiger partial charge is 0.213 e. The van der Waals surface area contributed by atoms with Gasteiger partial charge in [-0.1, -0.05) is 0 Å². The van der Waals surface area contributed by atoms with Crippen molar-refractivity contribution >= 4 is 0 Å².